The third-order valence-corrected chi connectivity index (χ3v) is 7.06. The van der Waals surface area contributed by atoms with E-state index in [0.717, 1.165) is 6.26 Å². The van der Waals surface area contributed by atoms with Gasteiger partial charge in [-0.05, 0) is 41.9 Å². The van der Waals surface area contributed by atoms with Gasteiger partial charge in [0.2, 0.25) is 10.0 Å². The number of aromatic hydroxyl groups is 1. The van der Waals surface area contributed by atoms with E-state index in [9.17, 15) is 38.1 Å². The molecule has 1 aromatic carbocycles. The number of fused-ring (bicyclic) bond motifs is 3. The number of rotatable bonds is 4. The number of carbonyl (C=O) groups is 3. The summed E-state index contributed by atoms with van der Waals surface area (Å²) in [5.41, 5.74) is 5.67. The molecule has 0 bridgehead atoms. The summed E-state index contributed by atoms with van der Waals surface area (Å²) in [5.74, 6) is -6.05. The molecule has 10 nitrogen and oxygen atoms in total. The van der Waals surface area contributed by atoms with Gasteiger partial charge in [-0.15, -0.1) is 0 Å². The lowest BCUT2D eigenvalue weighted by atomic mass is 9.61. The second kappa shape index (κ2) is 7.45. The smallest absolute Gasteiger partial charge is 0.255 e. The Balaban J connectivity index is 1.82. The number of nitrogens with one attached hydrogen (secondary N) is 1. The van der Waals surface area contributed by atoms with Crippen LogP contribution in [0.2, 0.25) is 0 Å². The van der Waals surface area contributed by atoms with Gasteiger partial charge < -0.3 is 21.1 Å². The Labute approximate surface area is 183 Å². The number of phenols is 1. The van der Waals surface area contributed by atoms with E-state index in [1.165, 1.54) is 12.1 Å². The minimum absolute atomic E-state index is 0.00647. The van der Waals surface area contributed by atoms with Crippen molar-refractivity contribution in [2.24, 2.45) is 23.5 Å². The zero-order valence-corrected chi connectivity index (χ0v) is 17.9. The Bertz CT molecular complexity index is 1240. The van der Waals surface area contributed by atoms with Crippen molar-refractivity contribution in [3.63, 3.8) is 0 Å². The van der Waals surface area contributed by atoms with Crippen molar-refractivity contribution in [1.29, 1.82) is 0 Å². The Morgan fingerprint density at radius 3 is 2.50 bits per heavy atom. The van der Waals surface area contributed by atoms with Crippen LogP contribution in [-0.2, 0) is 37.4 Å². The molecule has 3 aliphatic carbocycles. The number of ketones is 2. The van der Waals surface area contributed by atoms with E-state index in [2.05, 4.69) is 4.72 Å². The summed E-state index contributed by atoms with van der Waals surface area (Å²) in [4.78, 5) is 37.2. The van der Waals surface area contributed by atoms with Crippen LogP contribution in [0.3, 0.4) is 0 Å². The molecule has 170 valence electrons. The maximum Gasteiger partial charge on any atom is 0.255 e. The summed E-state index contributed by atoms with van der Waals surface area (Å²) in [7, 11) is -3.49. The van der Waals surface area contributed by atoms with E-state index in [1.807, 2.05) is 0 Å². The fraction of sp³-hybridized carbons (Fsp3) is 0.381. The second-order valence-corrected chi connectivity index (χ2v) is 10.3. The second-order valence-electron chi connectivity index (χ2n) is 8.44. The molecule has 0 saturated heterocycles. The van der Waals surface area contributed by atoms with Crippen molar-refractivity contribution >= 4 is 33.3 Å². The number of Topliss-reactive ketones (excluding diaryl/α,β-unsaturated/α-hetero) is 2. The third-order valence-electron chi connectivity index (χ3n) is 6.39. The molecule has 1 fully saturated rings. The van der Waals surface area contributed by atoms with Crippen molar-refractivity contribution in [1.82, 2.24) is 4.72 Å². The van der Waals surface area contributed by atoms with E-state index in [0.29, 0.717) is 11.1 Å². The van der Waals surface area contributed by atoms with Gasteiger partial charge in [0.15, 0.2) is 11.6 Å². The Morgan fingerprint density at radius 2 is 1.88 bits per heavy atom. The number of aliphatic hydroxyl groups excluding tert-OH is 2. The number of benzene rings is 1. The predicted octanol–water partition coefficient (Wildman–Crippen LogP) is 0.358. The predicted molar refractivity (Wildman–Crippen MR) is 112 cm³/mol. The van der Waals surface area contributed by atoms with Gasteiger partial charge in [-0.2, -0.15) is 0 Å². The molecule has 0 radical (unpaired) electrons. The molecule has 3 atom stereocenters. The van der Waals surface area contributed by atoms with E-state index in [1.54, 1.807) is 0 Å². The van der Waals surface area contributed by atoms with Crippen LogP contribution in [0.15, 0.2) is 29.0 Å². The molecule has 0 heterocycles. The van der Waals surface area contributed by atoms with Crippen LogP contribution in [0.5, 0.6) is 5.75 Å². The highest BCUT2D eigenvalue weighted by Gasteiger charge is 2.50. The summed E-state index contributed by atoms with van der Waals surface area (Å²) < 4.78 is 25.4. The molecule has 0 spiro atoms. The standard InChI is InChI=1S/C21H22N2O8S/c1-32(30,31)23-7-8-2-3-12(24)16-11(8)5-9-4-10-6-13(25)17(21(22)29)20(28)15(10)18(26)14(9)19(16)27/h2-3,9-10,15,23-24,27-28H,4-7H2,1H3,(H2,22,29). The Kier molecular flexibility index (Phi) is 5.13. The number of hydrogen-bond donors (Lipinski definition) is 5. The first kappa shape index (κ1) is 22.0. The summed E-state index contributed by atoms with van der Waals surface area (Å²) in [6.07, 6.45) is 1.36. The van der Waals surface area contributed by atoms with Crippen LogP contribution < -0.4 is 10.5 Å². The molecule has 6 N–H and O–H groups in total. The van der Waals surface area contributed by atoms with E-state index in [4.69, 9.17) is 5.73 Å². The molecule has 1 amide bonds. The normalized spacial score (nSPS) is 25.3. The fourth-order valence-corrected chi connectivity index (χ4v) is 5.50. The number of amides is 1. The first-order valence-electron chi connectivity index (χ1n) is 9.92. The fourth-order valence-electron chi connectivity index (χ4n) is 5.08. The summed E-state index contributed by atoms with van der Waals surface area (Å²) >= 11 is 0. The number of sulfonamides is 1. The quantitative estimate of drug-likeness (QED) is 0.397. The van der Waals surface area contributed by atoms with Crippen molar-refractivity contribution in [2.45, 2.75) is 25.8 Å². The number of primary amides is 1. The van der Waals surface area contributed by atoms with Gasteiger partial charge in [0, 0.05) is 18.5 Å². The molecule has 1 aromatic rings. The highest BCUT2D eigenvalue weighted by atomic mass is 32.2. The molecule has 11 heteroatoms. The minimum Gasteiger partial charge on any atom is -0.511 e. The first-order chi connectivity index (χ1) is 14.9. The largest absolute Gasteiger partial charge is 0.511 e. The molecule has 32 heavy (non-hydrogen) atoms. The van der Waals surface area contributed by atoms with Gasteiger partial charge >= 0.3 is 0 Å². The van der Waals surface area contributed by atoms with Crippen LogP contribution in [0, 0.1) is 17.8 Å². The lowest BCUT2D eigenvalue weighted by Gasteiger charge is -2.41. The molecule has 3 unspecified atom stereocenters. The number of hydrogen-bond acceptors (Lipinski definition) is 8. The lowest BCUT2D eigenvalue weighted by molar-refractivity contribution is -0.127. The minimum atomic E-state index is -3.49. The molecule has 0 aliphatic heterocycles. The van der Waals surface area contributed by atoms with Crippen LogP contribution in [0.4, 0.5) is 0 Å². The van der Waals surface area contributed by atoms with E-state index >= 15 is 0 Å². The van der Waals surface area contributed by atoms with E-state index in [-0.39, 0.29) is 42.7 Å². The van der Waals surface area contributed by atoms with Crippen molar-refractivity contribution < 1.29 is 38.1 Å². The molecule has 0 aromatic heterocycles. The lowest BCUT2D eigenvalue weighted by Crippen LogP contribution is -2.44. The molecular formula is C21H22N2O8S. The average Bonchev–Trinajstić information content (AvgIpc) is 2.65. The van der Waals surface area contributed by atoms with Gasteiger partial charge in [0.05, 0.1) is 17.7 Å². The van der Waals surface area contributed by atoms with Crippen LogP contribution >= 0.6 is 0 Å². The molecule has 1 saturated carbocycles. The van der Waals surface area contributed by atoms with Crippen molar-refractivity contribution in [2.75, 3.05) is 6.26 Å². The zero-order chi connectivity index (χ0) is 23.5. The maximum absolute atomic E-state index is 13.3. The molecule has 4 rings (SSSR count). The van der Waals surface area contributed by atoms with Crippen molar-refractivity contribution in [3.05, 3.63) is 45.7 Å². The number of allylic oxidation sites excluding steroid dienone is 2. The van der Waals surface area contributed by atoms with Crippen LogP contribution in [0.25, 0.3) is 5.76 Å². The molecular weight excluding hydrogens is 440 g/mol. The van der Waals surface area contributed by atoms with Crippen molar-refractivity contribution in [3.8, 4) is 5.75 Å². The van der Waals surface area contributed by atoms with Crippen LogP contribution in [0.1, 0.15) is 29.5 Å². The summed E-state index contributed by atoms with van der Waals surface area (Å²) in [6.45, 7) is -0.0687. The Hall–Kier alpha value is -3.18. The number of phenolic OH excluding ortho intramolecular Hbond substituents is 1. The van der Waals surface area contributed by atoms with Gasteiger partial charge in [0.25, 0.3) is 5.91 Å². The van der Waals surface area contributed by atoms with Gasteiger partial charge in [-0.25, -0.2) is 13.1 Å². The van der Waals surface area contributed by atoms with E-state index < -0.39 is 62.3 Å². The average molecular weight is 462 g/mol. The number of aliphatic hydroxyl groups is 2. The maximum atomic E-state index is 13.3. The third kappa shape index (κ3) is 3.47. The first-order valence-corrected chi connectivity index (χ1v) is 11.8. The van der Waals surface area contributed by atoms with Gasteiger partial charge in [-0.3, -0.25) is 14.4 Å². The highest BCUT2D eigenvalue weighted by Crippen LogP contribution is 2.50. The molecule has 3 aliphatic rings. The summed E-state index contributed by atoms with van der Waals surface area (Å²) in [5, 5.41) is 31.9. The summed E-state index contributed by atoms with van der Waals surface area (Å²) in [6, 6.07) is 2.84. The van der Waals surface area contributed by atoms with Gasteiger partial charge in [0.1, 0.15) is 22.8 Å². The monoisotopic (exact) mass is 462 g/mol. The highest BCUT2D eigenvalue weighted by molar-refractivity contribution is 7.88. The Morgan fingerprint density at radius 1 is 1.19 bits per heavy atom. The number of nitrogens with two attached hydrogens (primary N) is 1. The van der Waals surface area contributed by atoms with Crippen LogP contribution in [-0.4, -0.2) is 47.5 Å². The number of carbonyl (C=O) groups excluding carboxylic acids is 3. The SMILES string of the molecule is CS(=O)(=O)NCc1ccc(O)c2c1CC1CC3CC(=O)C(C(N)=O)=C(O)C3C(=O)C1=C2O. The van der Waals surface area contributed by atoms with Gasteiger partial charge in [-0.1, -0.05) is 6.07 Å². The zero-order valence-electron chi connectivity index (χ0n) is 17.1. The topological polar surface area (TPSA) is 184 Å².